The monoisotopic (exact) mass is 341 g/mol. The summed E-state index contributed by atoms with van der Waals surface area (Å²) in [4.78, 5) is 23.7. The van der Waals surface area contributed by atoms with Gasteiger partial charge in [-0.25, -0.2) is 9.82 Å². The highest BCUT2D eigenvalue weighted by atomic mass is 19.1. The van der Waals surface area contributed by atoms with Crippen LogP contribution in [-0.4, -0.2) is 24.1 Å². The fourth-order valence-electron chi connectivity index (χ4n) is 2.36. The molecule has 5 nitrogen and oxygen atoms in total. The molecule has 2 aromatic rings. The fraction of sp³-hybridized carbons (Fsp3) is 0.211. The Morgan fingerprint density at radius 2 is 1.88 bits per heavy atom. The van der Waals surface area contributed by atoms with Crippen LogP contribution in [0.5, 0.6) is 0 Å². The van der Waals surface area contributed by atoms with E-state index in [2.05, 4.69) is 15.8 Å². The Morgan fingerprint density at radius 1 is 1.12 bits per heavy atom. The van der Waals surface area contributed by atoms with Crippen molar-refractivity contribution in [2.45, 2.75) is 20.8 Å². The van der Waals surface area contributed by atoms with Gasteiger partial charge in [-0.15, -0.1) is 0 Å². The second-order valence-electron chi connectivity index (χ2n) is 5.74. The molecule has 0 aliphatic heterocycles. The van der Waals surface area contributed by atoms with Gasteiger partial charge in [-0.1, -0.05) is 29.8 Å². The smallest absolute Gasteiger partial charge is 0.259 e. The van der Waals surface area contributed by atoms with Crippen LogP contribution in [-0.2, 0) is 4.79 Å². The van der Waals surface area contributed by atoms with Gasteiger partial charge in [0.15, 0.2) is 0 Å². The van der Waals surface area contributed by atoms with Crippen molar-refractivity contribution in [1.29, 1.82) is 0 Å². The molecule has 0 aliphatic carbocycles. The zero-order valence-electron chi connectivity index (χ0n) is 14.4. The zero-order valence-corrected chi connectivity index (χ0v) is 14.4. The molecule has 25 heavy (non-hydrogen) atoms. The maximum atomic E-state index is 13.1. The molecule has 0 atom stereocenters. The van der Waals surface area contributed by atoms with Gasteiger partial charge >= 0.3 is 0 Å². The first kappa shape index (κ1) is 18.3. The van der Waals surface area contributed by atoms with Gasteiger partial charge in [-0.2, -0.15) is 5.10 Å². The van der Waals surface area contributed by atoms with Gasteiger partial charge in [0, 0.05) is 11.1 Å². The summed E-state index contributed by atoms with van der Waals surface area (Å²) in [7, 11) is 0. The van der Waals surface area contributed by atoms with Gasteiger partial charge in [-0.3, -0.25) is 9.59 Å². The van der Waals surface area contributed by atoms with E-state index < -0.39 is 17.6 Å². The first-order chi connectivity index (χ1) is 11.9. The van der Waals surface area contributed by atoms with E-state index in [-0.39, 0.29) is 12.1 Å². The number of nitrogens with one attached hydrogen (secondary N) is 2. The number of halogens is 1. The average molecular weight is 341 g/mol. The minimum Gasteiger partial charge on any atom is -0.343 e. The summed E-state index contributed by atoms with van der Waals surface area (Å²) in [6, 6.07) is 11.2. The topological polar surface area (TPSA) is 70.6 Å². The third-order valence-corrected chi connectivity index (χ3v) is 3.62. The molecule has 0 saturated carbocycles. The summed E-state index contributed by atoms with van der Waals surface area (Å²) in [5.74, 6) is -1.50. The minimum absolute atomic E-state index is 0.155. The van der Waals surface area contributed by atoms with Crippen molar-refractivity contribution in [3.63, 3.8) is 0 Å². The number of carbonyl (C=O) groups excluding carboxylic acids is 2. The molecule has 2 aromatic carbocycles. The number of hydrogen-bond donors (Lipinski definition) is 2. The minimum atomic E-state index is -0.523. The van der Waals surface area contributed by atoms with E-state index in [0.717, 1.165) is 22.8 Å². The van der Waals surface area contributed by atoms with E-state index in [1.807, 2.05) is 32.0 Å². The predicted molar refractivity (Wildman–Crippen MR) is 95.0 cm³/mol. The summed E-state index contributed by atoms with van der Waals surface area (Å²) in [6.07, 6.45) is 0. The number of nitrogens with zero attached hydrogens (tertiary/aromatic N) is 1. The second-order valence-corrected chi connectivity index (χ2v) is 5.74. The van der Waals surface area contributed by atoms with Crippen molar-refractivity contribution in [1.82, 2.24) is 10.7 Å². The number of carbonyl (C=O) groups is 2. The molecule has 0 aromatic heterocycles. The molecule has 0 aliphatic rings. The Hall–Kier alpha value is -3.02. The van der Waals surface area contributed by atoms with E-state index in [0.29, 0.717) is 5.71 Å². The lowest BCUT2D eigenvalue weighted by atomic mass is 10.0. The number of benzene rings is 2. The Morgan fingerprint density at radius 3 is 2.56 bits per heavy atom. The molecule has 0 saturated heterocycles. The Kier molecular flexibility index (Phi) is 6.00. The van der Waals surface area contributed by atoms with E-state index >= 15 is 0 Å². The van der Waals surface area contributed by atoms with Crippen molar-refractivity contribution in [2.24, 2.45) is 5.10 Å². The van der Waals surface area contributed by atoms with Crippen LogP contribution in [0.25, 0.3) is 0 Å². The highest BCUT2D eigenvalue weighted by Crippen LogP contribution is 2.11. The van der Waals surface area contributed by atoms with Gasteiger partial charge < -0.3 is 5.32 Å². The van der Waals surface area contributed by atoms with Gasteiger partial charge in [0.2, 0.25) is 0 Å². The lowest BCUT2D eigenvalue weighted by molar-refractivity contribution is -0.120. The third kappa shape index (κ3) is 5.24. The molecule has 2 N–H and O–H groups in total. The largest absolute Gasteiger partial charge is 0.343 e. The zero-order chi connectivity index (χ0) is 18.4. The maximum Gasteiger partial charge on any atom is 0.259 e. The number of hydrazone groups is 1. The van der Waals surface area contributed by atoms with Crippen LogP contribution in [0, 0.1) is 19.7 Å². The van der Waals surface area contributed by atoms with Crippen LogP contribution in [0.2, 0.25) is 0 Å². The Bertz CT molecular complexity index is 831. The summed E-state index contributed by atoms with van der Waals surface area (Å²) in [5, 5.41) is 6.48. The van der Waals surface area contributed by atoms with Crippen LogP contribution >= 0.6 is 0 Å². The van der Waals surface area contributed by atoms with Crippen LogP contribution in [0.3, 0.4) is 0 Å². The molecule has 0 radical (unpaired) electrons. The molecule has 0 fully saturated rings. The van der Waals surface area contributed by atoms with Crippen molar-refractivity contribution in [3.8, 4) is 0 Å². The highest BCUT2D eigenvalue weighted by molar-refractivity contribution is 6.01. The molecule has 0 heterocycles. The highest BCUT2D eigenvalue weighted by Gasteiger charge is 2.09. The third-order valence-electron chi connectivity index (χ3n) is 3.62. The lowest BCUT2D eigenvalue weighted by Gasteiger charge is -2.08. The van der Waals surface area contributed by atoms with E-state index in [9.17, 15) is 14.0 Å². The number of aryl methyl sites for hydroxylation is 2. The fourth-order valence-corrected chi connectivity index (χ4v) is 2.36. The molecule has 2 rings (SSSR count). The Labute approximate surface area is 145 Å². The van der Waals surface area contributed by atoms with Gasteiger partial charge in [-0.05, 0) is 44.5 Å². The number of rotatable bonds is 5. The maximum absolute atomic E-state index is 13.1. The molecule has 6 heteroatoms. The van der Waals surface area contributed by atoms with Crippen molar-refractivity contribution in [3.05, 3.63) is 70.5 Å². The van der Waals surface area contributed by atoms with Gasteiger partial charge in [0.05, 0.1) is 12.3 Å². The van der Waals surface area contributed by atoms with Crippen LogP contribution in [0.4, 0.5) is 4.39 Å². The standard InChI is InChI=1S/C19H20FN3O2/c1-12-7-8-17(13(2)9-12)14(3)22-23-18(24)11-21-19(25)15-5-4-6-16(20)10-15/h4-10H,11H2,1-3H3,(H,21,25)(H,23,24)/b22-14-. The predicted octanol–water partition coefficient (Wildman–Crippen LogP) is 2.71. The van der Waals surface area contributed by atoms with Crippen LogP contribution in [0.1, 0.15) is 34.0 Å². The summed E-state index contributed by atoms with van der Waals surface area (Å²) in [5.41, 5.74) is 6.38. The quantitative estimate of drug-likeness (QED) is 0.648. The molecule has 0 unspecified atom stereocenters. The van der Waals surface area contributed by atoms with Gasteiger partial charge in [0.1, 0.15) is 5.82 Å². The molecule has 0 spiro atoms. The van der Waals surface area contributed by atoms with Gasteiger partial charge in [0.25, 0.3) is 11.8 Å². The van der Waals surface area contributed by atoms with E-state index in [1.54, 1.807) is 6.92 Å². The van der Waals surface area contributed by atoms with E-state index in [4.69, 9.17) is 0 Å². The average Bonchev–Trinajstić information content (AvgIpc) is 2.57. The Balaban J connectivity index is 1.90. The second kappa shape index (κ2) is 8.19. The number of amides is 2. The molecule has 0 bridgehead atoms. The van der Waals surface area contributed by atoms with Crippen molar-refractivity contribution in [2.75, 3.05) is 6.54 Å². The van der Waals surface area contributed by atoms with Crippen molar-refractivity contribution < 1.29 is 14.0 Å². The molecular formula is C19H20FN3O2. The van der Waals surface area contributed by atoms with Crippen molar-refractivity contribution >= 4 is 17.5 Å². The van der Waals surface area contributed by atoms with Crippen LogP contribution < -0.4 is 10.7 Å². The molecule has 130 valence electrons. The first-order valence-corrected chi connectivity index (χ1v) is 7.81. The van der Waals surface area contributed by atoms with E-state index in [1.165, 1.54) is 18.2 Å². The SMILES string of the molecule is C/C(=N/NC(=O)CNC(=O)c1cccc(F)c1)c1ccc(C)cc1C. The lowest BCUT2D eigenvalue weighted by Crippen LogP contribution is -2.35. The summed E-state index contributed by atoms with van der Waals surface area (Å²) in [6.45, 7) is 5.52. The number of hydrogen-bond acceptors (Lipinski definition) is 3. The summed E-state index contributed by atoms with van der Waals surface area (Å²) < 4.78 is 13.1. The molecule has 2 amide bonds. The normalized spacial score (nSPS) is 11.1. The van der Waals surface area contributed by atoms with Crippen LogP contribution in [0.15, 0.2) is 47.6 Å². The first-order valence-electron chi connectivity index (χ1n) is 7.81. The summed E-state index contributed by atoms with van der Waals surface area (Å²) >= 11 is 0. The molecular weight excluding hydrogens is 321 g/mol.